The van der Waals surface area contributed by atoms with Crippen molar-refractivity contribution in [1.82, 2.24) is 0 Å². The smallest absolute Gasteiger partial charge is 0.376 e. The maximum Gasteiger partial charge on any atom is 0.412 e. The van der Waals surface area contributed by atoms with Gasteiger partial charge in [-0.25, -0.2) is 4.79 Å². The Kier molecular flexibility index (Phi) is 3.75. The van der Waals surface area contributed by atoms with Gasteiger partial charge in [0.2, 0.25) is 5.91 Å². The average molecular weight is 174 g/mol. The first-order valence-corrected chi connectivity index (χ1v) is 3.29. The molecule has 2 amide bonds. The number of rotatable bonds is 3. The van der Waals surface area contributed by atoms with Gasteiger partial charge in [0.1, 0.15) is 5.92 Å². The summed E-state index contributed by atoms with van der Waals surface area (Å²) in [5.41, 5.74) is 9.38. The average Bonchev–Trinajstić information content (AvgIpc) is 1.85. The van der Waals surface area contributed by atoms with Crippen LogP contribution < -0.4 is 11.5 Å². The van der Waals surface area contributed by atoms with E-state index in [2.05, 4.69) is 10.5 Å². The molecule has 0 aromatic rings. The highest BCUT2D eigenvalue weighted by molar-refractivity contribution is 6.00. The molecule has 0 aromatic carbocycles. The zero-order valence-electron chi connectivity index (χ0n) is 6.57. The molecule has 0 aliphatic heterocycles. The molecule has 6 nitrogen and oxygen atoms in total. The molecule has 0 heterocycles. The zero-order chi connectivity index (χ0) is 9.72. The van der Waals surface area contributed by atoms with Crippen molar-refractivity contribution in [2.45, 2.75) is 13.3 Å². The van der Waals surface area contributed by atoms with Crippen LogP contribution in [0, 0.1) is 5.92 Å². The van der Waals surface area contributed by atoms with E-state index in [-0.39, 0.29) is 6.42 Å². The van der Waals surface area contributed by atoms with E-state index in [0.29, 0.717) is 0 Å². The summed E-state index contributed by atoms with van der Waals surface area (Å²) in [6.45, 7) is 1.57. The number of primary amides is 2. The van der Waals surface area contributed by atoms with Crippen LogP contribution in [0.3, 0.4) is 0 Å². The molecule has 0 spiro atoms. The first kappa shape index (κ1) is 10.4. The second-order valence-corrected chi connectivity index (χ2v) is 2.10. The van der Waals surface area contributed by atoms with Crippen LogP contribution in [0.4, 0.5) is 4.79 Å². The van der Waals surface area contributed by atoms with E-state index in [1.165, 1.54) is 0 Å². The molecule has 0 aliphatic carbocycles. The Balaban J connectivity index is 4.22. The molecule has 0 aromatic heterocycles. The van der Waals surface area contributed by atoms with Gasteiger partial charge in [-0.2, -0.15) is 0 Å². The summed E-state index contributed by atoms with van der Waals surface area (Å²) >= 11 is 0. The van der Waals surface area contributed by atoms with Crippen molar-refractivity contribution in [2.24, 2.45) is 17.4 Å². The molecular formula is C6H10N2O4. The molecule has 0 aliphatic rings. The number of amides is 2. The van der Waals surface area contributed by atoms with Crippen molar-refractivity contribution in [2.75, 3.05) is 0 Å². The van der Waals surface area contributed by atoms with Crippen molar-refractivity contribution < 1.29 is 19.1 Å². The highest BCUT2D eigenvalue weighted by Crippen LogP contribution is 2.03. The summed E-state index contributed by atoms with van der Waals surface area (Å²) in [5.74, 6) is -2.93. The van der Waals surface area contributed by atoms with E-state index >= 15 is 0 Å². The third-order valence-corrected chi connectivity index (χ3v) is 1.24. The molecule has 0 radical (unpaired) electrons. The number of hydrogen-bond acceptors (Lipinski definition) is 4. The lowest BCUT2D eigenvalue weighted by molar-refractivity contribution is -0.146. The molecule has 4 N–H and O–H groups in total. The van der Waals surface area contributed by atoms with Gasteiger partial charge in [-0.15, -0.1) is 0 Å². The normalized spacial score (nSPS) is 11.8. The maximum atomic E-state index is 10.8. The Hall–Kier alpha value is -1.59. The molecule has 12 heavy (non-hydrogen) atoms. The molecule has 68 valence electrons. The predicted octanol–water partition coefficient (Wildman–Crippen LogP) is -0.880. The monoisotopic (exact) mass is 174 g/mol. The van der Waals surface area contributed by atoms with E-state index in [9.17, 15) is 14.4 Å². The summed E-state index contributed by atoms with van der Waals surface area (Å²) < 4.78 is 3.96. The lowest BCUT2D eigenvalue weighted by Gasteiger charge is -2.06. The van der Waals surface area contributed by atoms with Crippen LogP contribution in [0.15, 0.2) is 0 Å². The molecule has 0 fully saturated rings. The van der Waals surface area contributed by atoms with Crippen LogP contribution in [0.5, 0.6) is 0 Å². The van der Waals surface area contributed by atoms with Gasteiger partial charge in [0, 0.05) is 0 Å². The number of hydrogen-bond donors (Lipinski definition) is 2. The molecule has 0 bridgehead atoms. The predicted molar refractivity (Wildman–Crippen MR) is 38.7 cm³/mol. The van der Waals surface area contributed by atoms with E-state index in [4.69, 9.17) is 5.73 Å². The fourth-order valence-corrected chi connectivity index (χ4v) is 0.654. The quantitative estimate of drug-likeness (QED) is 0.427. The number of carbonyl (C=O) groups excluding carboxylic acids is 3. The summed E-state index contributed by atoms with van der Waals surface area (Å²) in [6, 6.07) is 0. The molecule has 0 saturated carbocycles. The Labute approximate surface area is 68.8 Å². The lowest BCUT2D eigenvalue weighted by Crippen LogP contribution is -2.33. The first-order chi connectivity index (χ1) is 5.49. The van der Waals surface area contributed by atoms with E-state index in [1.54, 1.807) is 6.92 Å². The first-order valence-electron chi connectivity index (χ1n) is 3.29. The highest BCUT2D eigenvalue weighted by Gasteiger charge is 2.25. The summed E-state index contributed by atoms with van der Waals surface area (Å²) in [6.07, 6.45) is -1.05. The minimum atomic E-state index is -1.24. The Morgan fingerprint density at radius 3 is 2.08 bits per heavy atom. The van der Waals surface area contributed by atoms with Crippen molar-refractivity contribution >= 4 is 18.0 Å². The van der Waals surface area contributed by atoms with E-state index in [1.807, 2.05) is 0 Å². The summed E-state index contributed by atoms with van der Waals surface area (Å²) in [5, 5.41) is 0. The van der Waals surface area contributed by atoms with Crippen LogP contribution >= 0.6 is 0 Å². The van der Waals surface area contributed by atoms with Crippen molar-refractivity contribution in [3.63, 3.8) is 0 Å². The fraction of sp³-hybridized carbons (Fsp3) is 0.500. The molecule has 6 heteroatoms. The van der Waals surface area contributed by atoms with Crippen LogP contribution in [0.2, 0.25) is 0 Å². The van der Waals surface area contributed by atoms with E-state index in [0.717, 1.165) is 0 Å². The van der Waals surface area contributed by atoms with Gasteiger partial charge in [-0.1, -0.05) is 6.92 Å². The zero-order valence-corrected chi connectivity index (χ0v) is 6.57. The van der Waals surface area contributed by atoms with Gasteiger partial charge in [0.25, 0.3) is 0 Å². The Bertz CT molecular complexity index is 214. The molecule has 0 saturated heterocycles. The molecule has 0 rings (SSSR count). The highest BCUT2D eigenvalue weighted by atomic mass is 16.6. The topological polar surface area (TPSA) is 112 Å². The second kappa shape index (κ2) is 4.32. The largest absolute Gasteiger partial charge is 0.412 e. The minimum Gasteiger partial charge on any atom is -0.376 e. The molecule has 1 atom stereocenters. The van der Waals surface area contributed by atoms with Crippen LogP contribution in [-0.4, -0.2) is 18.0 Å². The van der Waals surface area contributed by atoms with Crippen molar-refractivity contribution in [3.05, 3.63) is 0 Å². The second-order valence-electron chi connectivity index (χ2n) is 2.10. The fourth-order valence-electron chi connectivity index (χ4n) is 0.654. The van der Waals surface area contributed by atoms with E-state index < -0.39 is 23.9 Å². The third-order valence-electron chi connectivity index (χ3n) is 1.24. The number of ether oxygens (including phenoxy) is 1. The summed E-state index contributed by atoms with van der Waals surface area (Å²) in [7, 11) is 0. The van der Waals surface area contributed by atoms with Gasteiger partial charge in [-0.3, -0.25) is 9.59 Å². The third kappa shape index (κ3) is 3.00. The van der Waals surface area contributed by atoms with Crippen LogP contribution in [-0.2, 0) is 14.3 Å². The van der Waals surface area contributed by atoms with Crippen molar-refractivity contribution in [1.29, 1.82) is 0 Å². The van der Waals surface area contributed by atoms with Gasteiger partial charge in [-0.05, 0) is 6.42 Å². The van der Waals surface area contributed by atoms with Gasteiger partial charge in [0.15, 0.2) is 0 Å². The van der Waals surface area contributed by atoms with Gasteiger partial charge in [0.05, 0.1) is 0 Å². The SMILES string of the molecule is CCC(C(N)=O)C(=O)OC(N)=O. The number of esters is 1. The summed E-state index contributed by atoms with van der Waals surface area (Å²) in [4.78, 5) is 31.4. The number of carbonyl (C=O) groups is 3. The van der Waals surface area contributed by atoms with Gasteiger partial charge < -0.3 is 16.2 Å². The van der Waals surface area contributed by atoms with Crippen LogP contribution in [0.25, 0.3) is 0 Å². The molecule has 1 unspecified atom stereocenters. The maximum absolute atomic E-state index is 10.8. The molecular weight excluding hydrogens is 164 g/mol. The Morgan fingerprint density at radius 1 is 1.33 bits per heavy atom. The lowest BCUT2D eigenvalue weighted by atomic mass is 10.1. The van der Waals surface area contributed by atoms with Crippen LogP contribution in [0.1, 0.15) is 13.3 Å². The van der Waals surface area contributed by atoms with Crippen molar-refractivity contribution in [3.8, 4) is 0 Å². The van der Waals surface area contributed by atoms with Gasteiger partial charge >= 0.3 is 12.1 Å². The Morgan fingerprint density at radius 2 is 1.83 bits per heavy atom. The standard InChI is InChI=1S/C6H10N2O4/c1-2-3(4(7)9)5(10)12-6(8)11/h3H,2H2,1H3,(H2,7,9)(H2,8,11). The minimum absolute atomic E-state index is 0.182. The number of nitrogens with two attached hydrogens (primary N) is 2.